The van der Waals surface area contributed by atoms with Gasteiger partial charge in [0.05, 0.1) is 24.3 Å². The molecular formula is C28H33ClN6O4. The second kappa shape index (κ2) is 14.0. The van der Waals surface area contributed by atoms with Gasteiger partial charge in [0, 0.05) is 68.9 Å². The Bertz CT molecular complexity index is 1290. The lowest BCUT2D eigenvalue weighted by molar-refractivity contribution is -0.116. The van der Waals surface area contributed by atoms with E-state index in [0.29, 0.717) is 28.6 Å². The molecule has 1 fully saturated rings. The molecule has 0 aliphatic carbocycles. The minimum atomic E-state index is -0.448. The van der Waals surface area contributed by atoms with Crippen molar-refractivity contribution in [1.82, 2.24) is 24.7 Å². The zero-order chi connectivity index (χ0) is 27.6. The van der Waals surface area contributed by atoms with Gasteiger partial charge in [-0.2, -0.15) is 0 Å². The van der Waals surface area contributed by atoms with Gasteiger partial charge in [-0.05, 0) is 49.5 Å². The molecule has 2 amide bonds. The van der Waals surface area contributed by atoms with Crippen molar-refractivity contribution < 1.29 is 14.3 Å². The molecule has 4 rings (SSSR count). The fraction of sp³-hybridized carbons (Fsp3) is 0.357. The van der Waals surface area contributed by atoms with Crippen LogP contribution in [-0.4, -0.2) is 90.2 Å². The van der Waals surface area contributed by atoms with E-state index >= 15 is 0 Å². The van der Waals surface area contributed by atoms with Crippen molar-refractivity contribution >= 4 is 29.2 Å². The molecule has 3 heterocycles. The second-order valence-corrected chi connectivity index (χ2v) is 9.89. The number of halogens is 1. The first-order chi connectivity index (χ1) is 18.9. The van der Waals surface area contributed by atoms with Crippen molar-refractivity contribution in [2.24, 2.45) is 0 Å². The first-order valence-corrected chi connectivity index (χ1v) is 13.2. The predicted octanol–water partition coefficient (Wildman–Crippen LogP) is 2.28. The van der Waals surface area contributed by atoms with Gasteiger partial charge in [0.1, 0.15) is 5.82 Å². The van der Waals surface area contributed by atoms with Crippen LogP contribution in [0.25, 0.3) is 5.69 Å². The van der Waals surface area contributed by atoms with Gasteiger partial charge in [0.25, 0.3) is 11.5 Å². The van der Waals surface area contributed by atoms with Gasteiger partial charge in [0.15, 0.2) is 0 Å². The maximum Gasteiger partial charge on any atom is 0.255 e. The Hall–Kier alpha value is -3.57. The lowest BCUT2D eigenvalue weighted by Gasteiger charge is -2.30. The third kappa shape index (κ3) is 8.72. The first-order valence-electron chi connectivity index (χ1n) is 12.9. The number of rotatable bonds is 11. The molecule has 0 radical (unpaired) electrons. The van der Waals surface area contributed by atoms with Crippen molar-refractivity contribution in [1.29, 1.82) is 0 Å². The third-order valence-electron chi connectivity index (χ3n) is 6.43. The molecule has 2 aromatic heterocycles. The van der Waals surface area contributed by atoms with Crippen molar-refractivity contribution in [3.05, 3.63) is 87.9 Å². The fourth-order valence-electron chi connectivity index (χ4n) is 4.32. The van der Waals surface area contributed by atoms with Crippen LogP contribution in [0.5, 0.6) is 0 Å². The van der Waals surface area contributed by atoms with E-state index in [1.54, 1.807) is 54.7 Å². The predicted molar refractivity (Wildman–Crippen MR) is 151 cm³/mol. The van der Waals surface area contributed by atoms with Gasteiger partial charge in [-0.15, -0.1) is 0 Å². The van der Waals surface area contributed by atoms with Crippen LogP contribution < -0.4 is 16.2 Å². The second-order valence-electron chi connectivity index (χ2n) is 9.46. The van der Waals surface area contributed by atoms with Crippen molar-refractivity contribution in [3.63, 3.8) is 0 Å². The van der Waals surface area contributed by atoms with Crippen LogP contribution in [0.4, 0.5) is 5.82 Å². The summed E-state index contributed by atoms with van der Waals surface area (Å²) in [5.41, 5.74) is 0.936. The molecule has 1 aliphatic rings. The molecule has 2 N–H and O–H groups in total. The van der Waals surface area contributed by atoms with Crippen LogP contribution in [0.1, 0.15) is 16.8 Å². The van der Waals surface area contributed by atoms with E-state index in [4.69, 9.17) is 16.3 Å². The van der Waals surface area contributed by atoms with Crippen LogP contribution >= 0.6 is 11.6 Å². The van der Waals surface area contributed by atoms with Crippen LogP contribution in [-0.2, 0) is 9.53 Å². The number of benzene rings is 1. The molecule has 3 aromatic rings. The third-order valence-corrected chi connectivity index (χ3v) is 6.65. The molecule has 0 spiro atoms. The van der Waals surface area contributed by atoms with Crippen LogP contribution in [0.3, 0.4) is 0 Å². The lowest BCUT2D eigenvalue weighted by atomic mass is 10.1. The standard InChI is InChI=1S/C28H33ClN6O4/c1-33(12-13-34-14-16-39-17-15-34)20-23(18-26(36)32-25-10-7-22(29)19-30-25)31-28(38)21-5-8-24(9-6-21)35-11-3-2-4-27(35)37/h2-11,19,23H,12-18,20H2,1H3,(H,31,38)(H,30,32,36). The lowest BCUT2D eigenvalue weighted by Crippen LogP contribution is -2.47. The van der Waals surface area contributed by atoms with Crippen LogP contribution in [0.2, 0.25) is 5.02 Å². The zero-order valence-electron chi connectivity index (χ0n) is 21.9. The normalized spacial score (nSPS) is 14.6. The number of hydrogen-bond donors (Lipinski definition) is 2. The van der Waals surface area contributed by atoms with Crippen molar-refractivity contribution in [2.75, 3.05) is 58.3 Å². The zero-order valence-corrected chi connectivity index (χ0v) is 22.6. The van der Waals surface area contributed by atoms with Gasteiger partial charge in [0.2, 0.25) is 5.91 Å². The Morgan fingerprint density at radius 2 is 1.87 bits per heavy atom. The molecule has 10 nitrogen and oxygen atoms in total. The number of nitrogens with zero attached hydrogens (tertiary/aromatic N) is 4. The summed E-state index contributed by atoms with van der Waals surface area (Å²) in [6.45, 7) is 5.41. The highest BCUT2D eigenvalue weighted by Crippen LogP contribution is 2.12. The summed E-state index contributed by atoms with van der Waals surface area (Å²) in [6.07, 6.45) is 3.20. The molecule has 1 atom stereocenters. The topological polar surface area (TPSA) is 109 Å². The van der Waals surface area contributed by atoms with Crippen molar-refractivity contribution in [2.45, 2.75) is 12.5 Å². The number of ether oxygens (including phenoxy) is 1. The van der Waals surface area contributed by atoms with E-state index in [1.807, 2.05) is 7.05 Å². The SMILES string of the molecule is CN(CCN1CCOCC1)CC(CC(=O)Nc1ccc(Cl)cn1)NC(=O)c1ccc(-n2ccccc2=O)cc1. The Morgan fingerprint density at radius 1 is 1.10 bits per heavy atom. The number of nitrogens with one attached hydrogen (secondary N) is 2. The number of anilines is 1. The number of pyridine rings is 2. The molecule has 1 unspecified atom stereocenters. The van der Waals surface area contributed by atoms with Crippen LogP contribution in [0.15, 0.2) is 71.8 Å². The average molecular weight is 553 g/mol. The van der Waals surface area contributed by atoms with Gasteiger partial charge in [-0.25, -0.2) is 4.98 Å². The van der Waals surface area contributed by atoms with Gasteiger partial charge < -0.3 is 20.3 Å². The Morgan fingerprint density at radius 3 is 2.56 bits per heavy atom. The molecule has 39 heavy (non-hydrogen) atoms. The van der Waals surface area contributed by atoms with Crippen LogP contribution in [0, 0.1) is 0 Å². The molecule has 0 bridgehead atoms. The summed E-state index contributed by atoms with van der Waals surface area (Å²) in [5.74, 6) is -0.177. The highest BCUT2D eigenvalue weighted by molar-refractivity contribution is 6.30. The quantitative estimate of drug-likeness (QED) is 0.376. The highest BCUT2D eigenvalue weighted by atomic mass is 35.5. The monoisotopic (exact) mass is 552 g/mol. The molecule has 206 valence electrons. The Kier molecular flexibility index (Phi) is 10.2. The summed E-state index contributed by atoms with van der Waals surface area (Å²) < 4.78 is 6.92. The highest BCUT2D eigenvalue weighted by Gasteiger charge is 2.21. The number of morpholine rings is 1. The average Bonchev–Trinajstić information content (AvgIpc) is 2.94. The number of carbonyl (C=O) groups is 2. The summed E-state index contributed by atoms with van der Waals surface area (Å²) >= 11 is 5.89. The van der Waals surface area contributed by atoms with Crippen molar-refractivity contribution in [3.8, 4) is 5.69 Å². The number of likely N-dealkylation sites (N-methyl/N-ethyl adjacent to an activating group) is 1. The number of aromatic nitrogens is 2. The fourth-order valence-corrected chi connectivity index (χ4v) is 4.43. The minimum Gasteiger partial charge on any atom is -0.379 e. The summed E-state index contributed by atoms with van der Waals surface area (Å²) in [7, 11) is 1.98. The largest absolute Gasteiger partial charge is 0.379 e. The Balaban J connectivity index is 1.40. The van der Waals surface area contributed by atoms with E-state index in [1.165, 1.54) is 16.8 Å². The maximum atomic E-state index is 13.2. The van der Waals surface area contributed by atoms with E-state index in [9.17, 15) is 14.4 Å². The smallest absolute Gasteiger partial charge is 0.255 e. The van der Waals surface area contributed by atoms with E-state index in [2.05, 4.69) is 25.4 Å². The molecule has 11 heteroatoms. The summed E-state index contributed by atoms with van der Waals surface area (Å²) in [5, 5.41) is 6.26. The van der Waals surface area contributed by atoms with Gasteiger partial charge >= 0.3 is 0 Å². The minimum absolute atomic E-state index is 0.0649. The van der Waals surface area contributed by atoms with Gasteiger partial charge in [-0.3, -0.25) is 23.9 Å². The summed E-state index contributed by atoms with van der Waals surface area (Å²) in [4.78, 5) is 46.7. The van der Waals surface area contributed by atoms with E-state index < -0.39 is 6.04 Å². The van der Waals surface area contributed by atoms with Gasteiger partial charge in [-0.1, -0.05) is 17.7 Å². The molecular weight excluding hydrogens is 520 g/mol. The maximum absolute atomic E-state index is 13.2. The molecule has 1 aliphatic heterocycles. The Labute approximate surface area is 232 Å². The number of carbonyl (C=O) groups excluding carboxylic acids is 2. The van der Waals surface area contributed by atoms with E-state index in [0.717, 1.165) is 39.4 Å². The molecule has 0 saturated carbocycles. The number of amides is 2. The van der Waals surface area contributed by atoms with E-state index in [-0.39, 0.29) is 23.8 Å². The summed E-state index contributed by atoms with van der Waals surface area (Å²) in [6, 6.07) is 14.5. The molecule has 1 saturated heterocycles. The molecule has 1 aromatic carbocycles. The first kappa shape index (κ1) is 28.4. The number of hydrogen-bond acceptors (Lipinski definition) is 7.